The number of hydrogen-bond acceptors (Lipinski definition) is 8. The van der Waals surface area contributed by atoms with Gasteiger partial charge in [0.05, 0.1) is 12.0 Å². The van der Waals surface area contributed by atoms with Gasteiger partial charge >= 0.3 is 5.97 Å². The zero-order chi connectivity index (χ0) is 29.2. The average Bonchev–Trinajstić information content (AvgIpc) is 2.97. The highest BCUT2D eigenvalue weighted by Gasteiger charge is 2.18. The van der Waals surface area contributed by atoms with Crippen LogP contribution in [0.3, 0.4) is 0 Å². The number of hydrogen-bond donors (Lipinski definition) is 2. The Bertz CT molecular complexity index is 1560. The molecule has 0 atom stereocenters. The molecule has 4 aromatic rings. The van der Waals surface area contributed by atoms with Crippen LogP contribution in [-0.4, -0.2) is 36.4 Å². The number of nitrogens with one attached hydrogen (secondary N) is 2. The van der Waals surface area contributed by atoms with Crippen LogP contribution in [0.2, 0.25) is 0 Å². The third-order valence-corrected chi connectivity index (χ3v) is 5.94. The van der Waals surface area contributed by atoms with Crippen LogP contribution >= 0.6 is 0 Å². The number of amides is 2. The number of fused-ring (bicyclic) bond motifs is 1. The zero-order valence-electron chi connectivity index (χ0n) is 22.1. The van der Waals surface area contributed by atoms with Crippen LogP contribution in [0.1, 0.15) is 19.3 Å². The standard InChI is InChI=1S/C30H27N3O8/c1-39-23-16-17-26(33(37)38)25(18-23)32-29(35)19-40-30(36)11-5-10-28(34)31-21-12-14-22(15-13-21)41-27-9-4-7-20-6-2-3-8-24(20)27/h2-4,6-9,12-18H,5,10-11,19H2,1H3,(H,31,34)(H,32,35). The van der Waals surface area contributed by atoms with Crippen molar-refractivity contribution < 1.29 is 33.5 Å². The highest BCUT2D eigenvalue weighted by molar-refractivity contribution is 5.95. The van der Waals surface area contributed by atoms with E-state index in [4.69, 9.17) is 14.2 Å². The lowest BCUT2D eigenvalue weighted by molar-refractivity contribution is -0.383. The lowest BCUT2D eigenvalue weighted by Crippen LogP contribution is -2.21. The maximum atomic E-state index is 12.3. The highest BCUT2D eigenvalue weighted by Crippen LogP contribution is 2.31. The number of carbonyl (C=O) groups excluding carboxylic acids is 3. The van der Waals surface area contributed by atoms with Crippen molar-refractivity contribution in [2.75, 3.05) is 24.4 Å². The summed E-state index contributed by atoms with van der Waals surface area (Å²) in [6.45, 7) is -0.632. The number of carbonyl (C=O) groups is 3. The van der Waals surface area contributed by atoms with Gasteiger partial charge in [-0.1, -0.05) is 36.4 Å². The summed E-state index contributed by atoms with van der Waals surface area (Å²) in [5, 5.41) is 18.3. The fraction of sp³-hybridized carbons (Fsp3) is 0.167. The van der Waals surface area contributed by atoms with Gasteiger partial charge in [-0.15, -0.1) is 0 Å². The summed E-state index contributed by atoms with van der Waals surface area (Å²) in [4.78, 5) is 47.0. The molecular formula is C30H27N3O8. The molecule has 4 rings (SSSR count). The fourth-order valence-corrected chi connectivity index (χ4v) is 3.94. The normalized spacial score (nSPS) is 10.5. The molecule has 0 fully saturated rings. The van der Waals surface area contributed by atoms with Gasteiger partial charge in [-0.2, -0.15) is 0 Å². The zero-order valence-corrected chi connectivity index (χ0v) is 22.1. The molecule has 0 aliphatic heterocycles. The van der Waals surface area contributed by atoms with Crippen LogP contribution in [0, 0.1) is 10.1 Å². The molecule has 0 aliphatic carbocycles. The van der Waals surface area contributed by atoms with Crippen LogP contribution in [0.15, 0.2) is 84.9 Å². The fourth-order valence-electron chi connectivity index (χ4n) is 3.94. The van der Waals surface area contributed by atoms with E-state index in [1.54, 1.807) is 24.3 Å². The van der Waals surface area contributed by atoms with E-state index in [2.05, 4.69) is 10.6 Å². The minimum Gasteiger partial charge on any atom is -0.497 e. The topological polar surface area (TPSA) is 146 Å². The van der Waals surface area contributed by atoms with Crippen molar-refractivity contribution in [3.05, 3.63) is 95.0 Å². The van der Waals surface area contributed by atoms with Crippen molar-refractivity contribution in [1.82, 2.24) is 0 Å². The molecule has 4 aromatic carbocycles. The largest absolute Gasteiger partial charge is 0.497 e. The minimum absolute atomic E-state index is 0.0611. The molecule has 2 N–H and O–H groups in total. The number of nitro benzene ring substituents is 1. The number of rotatable bonds is 12. The molecule has 0 radical (unpaired) electrons. The molecule has 0 aromatic heterocycles. The maximum Gasteiger partial charge on any atom is 0.306 e. The lowest BCUT2D eigenvalue weighted by atomic mass is 10.1. The van der Waals surface area contributed by atoms with Gasteiger partial charge in [0.15, 0.2) is 6.61 Å². The Morgan fingerprint density at radius 2 is 1.56 bits per heavy atom. The second-order valence-corrected chi connectivity index (χ2v) is 8.85. The van der Waals surface area contributed by atoms with Crippen molar-refractivity contribution in [1.29, 1.82) is 0 Å². The van der Waals surface area contributed by atoms with Crippen LogP contribution in [0.5, 0.6) is 17.2 Å². The number of esters is 1. The molecule has 0 spiro atoms. The molecule has 0 aliphatic rings. The highest BCUT2D eigenvalue weighted by atomic mass is 16.6. The second-order valence-electron chi connectivity index (χ2n) is 8.85. The Labute approximate surface area is 235 Å². The van der Waals surface area contributed by atoms with E-state index in [-0.39, 0.29) is 36.5 Å². The average molecular weight is 558 g/mol. The Kier molecular flexibility index (Phi) is 9.45. The van der Waals surface area contributed by atoms with Gasteiger partial charge in [-0.25, -0.2) is 0 Å². The first-order valence-corrected chi connectivity index (χ1v) is 12.7. The summed E-state index contributed by atoms with van der Waals surface area (Å²) >= 11 is 0. The molecule has 11 nitrogen and oxygen atoms in total. The third kappa shape index (κ3) is 8.02. The van der Waals surface area contributed by atoms with E-state index in [0.29, 0.717) is 17.2 Å². The number of nitrogens with zero attached hydrogens (tertiary/aromatic N) is 1. The summed E-state index contributed by atoms with van der Waals surface area (Å²) in [5.74, 6) is -0.0590. The van der Waals surface area contributed by atoms with Gasteiger partial charge in [0.1, 0.15) is 22.9 Å². The molecule has 0 heterocycles. The minimum atomic E-state index is -0.750. The van der Waals surface area contributed by atoms with Gasteiger partial charge in [0, 0.05) is 36.0 Å². The van der Waals surface area contributed by atoms with E-state index in [0.717, 1.165) is 16.5 Å². The monoisotopic (exact) mass is 557 g/mol. The van der Waals surface area contributed by atoms with Crippen molar-refractivity contribution >= 4 is 45.6 Å². The van der Waals surface area contributed by atoms with E-state index < -0.39 is 23.4 Å². The number of benzene rings is 4. The number of ether oxygens (including phenoxy) is 3. The van der Waals surface area contributed by atoms with Gasteiger partial charge in [0.25, 0.3) is 11.6 Å². The third-order valence-electron chi connectivity index (χ3n) is 5.94. The Balaban J connectivity index is 1.18. The molecule has 0 bridgehead atoms. The molecule has 2 amide bonds. The first-order chi connectivity index (χ1) is 19.8. The molecule has 0 saturated heterocycles. The molecular weight excluding hydrogens is 530 g/mol. The summed E-state index contributed by atoms with van der Waals surface area (Å²) < 4.78 is 16.0. The summed E-state index contributed by atoms with van der Waals surface area (Å²) in [5.41, 5.74) is 0.162. The van der Waals surface area contributed by atoms with Crippen LogP contribution < -0.4 is 20.1 Å². The van der Waals surface area contributed by atoms with Crippen LogP contribution in [0.4, 0.5) is 17.1 Å². The number of nitro groups is 1. The second kappa shape index (κ2) is 13.6. The lowest BCUT2D eigenvalue weighted by Gasteiger charge is -2.10. The number of anilines is 2. The van der Waals surface area contributed by atoms with E-state index in [1.807, 2.05) is 42.5 Å². The first kappa shape index (κ1) is 28.6. The van der Waals surface area contributed by atoms with Gasteiger partial charge < -0.3 is 24.8 Å². The smallest absolute Gasteiger partial charge is 0.306 e. The van der Waals surface area contributed by atoms with Gasteiger partial charge in [0.2, 0.25) is 5.91 Å². The van der Waals surface area contributed by atoms with Crippen molar-refractivity contribution in [3.63, 3.8) is 0 Å². The van der Waals surface area contributed by atoms with Crippen molar-refractivity contribution in [2.45, 2.75) is 19.3 Å². The maximum absolute atomic E-state index is 12.3. The SMILES string of the molecule is COc1ccc([N+](=O)[O-])c(NC(=O)COC(=O)CCCC(=O)Nc2ccc(Oc3cccc4ccccc34)cc2)c1. The Hall–Kier alpha value is -5.45. The summed E-state index contributed by atoms with van der Waals surface area (Å²) in [6.07, 6.45) is 0.180. The van der Waals surface area contributed by atoms with Gasteiger partial charge in [-0.3, -0.25) is 24.5 Å². The van der Waals surface area contributed by atoms with Crippen LogP contribution in [-0.2, 0) is 19.1 Å². The van der Waals surface area contributed by atoms with Crippen LogP contribution in [0.25, 0.3) is 10.8 Å². The molecule has 0 unspecified atom stereocenters. The van der Waals surface area contributed by atoms with E-state index in [1.165, 1.54) is 25.3 Å². The van der Waals surface area contributed by atoms with E-state index >= 15 is 0 Å². The van der Waals surface area contributed by atoms with Gasteiger partial charge in [-0.05, 0) is 48.2 Å². The molecule has 0 saturated carbocycles. The Morgan fingerprint density at radius 1 is 0.829 bits per heavy atom. The predicted octanol–water partition coefficient (Wildman–Crippen LogP) is 5.84. The summed E-state index contributed by atoms with van der Waals surface area (Å²) in [6, 6.07) is 24.6. The van der Waals surface area contributed by atoms with Crippen molar-refractivity contribution in [3.8, 4) is 17.2 Å². The quantitative estimate of drug-likeness (QED) is 0.125. The number of methoxy groups -OCH3 is 1. The summed E-state index contributed by atoms with van der Waals surface area (Å²) in [7, 11) is 1.38. The van der Waals surface area contributed by atoms with Crippen molar-refractivity contribution in [2.24, 2.45) is 0 Å². The molecule has 210 valence electrons. The molecule has 11 heteroatoms. The Morgan fingerprint density at radius 3 is 2.32 bits per heavy atom. The van der Waals surface area contributed by atoms with E-state index in [9.17, 15) is 24.5 Å². The molecule has 41 heavy (non-hydrogen) atoms. The first-order valence-electron chi connectivity index (χ1n) is 12.7. The predicted molar refractivity (Wildman–Crippen MR) is 152 cm³/mol.